The quantitative estimate of drug-likeness (QED) is 0.897. The van der Waals surface area contributed by atoms with Crippen molar-refractivity contribution in [1.29, 1.82) is 0 Å². The number of amides is 1. The van der Waals surface area contributed by atoms with Crippen molar-refractivity contribution in [1.82, 2.24) is 10.6 Å². The molecule has 0 saturated heterocycles. The molecule has 4 nitrogen and oxygen atoms in total. The molecule has 0 spiro atoms. The second kappa shape index (κ2) is 7.72. The van der Waals surface area contributed by atoms with Gasteiger partial charge >= 0.3 is 0 Å². The molecule has 0 aromatic heterocycles. The number of ether oxygens (including phenoxy) is 1. The van der Waals surface area contributed by atoms with E-state index in [2.05, 4.69) is 10.6 Å². The normalized spacial score (nSPS) is 18.2. The lowest BCUT2D eigenvalue weighted by atomic mass is 9.99. The van der Waals surface area contributed by atoms with Gasteiger partial charge in [-0.1, -0.05) is 30.7 Å². The minimum Gasteiger partial charge on any atom is -0.492 e. The Bertz CT molecular complexity index is 468. The largest absolute Gasteiger partial charge is 0.492 e. The van der Waals surface area contributed by atoms with E-state index in [-0.39, 0.29) is 30.3 Å². The summed E-state index contributed by atoms with van der Waals surface area (Å²) >= 11 is 6.11. The molecule has 0 fully saturated rings. The number of hydrogen-bond donors (Lipinski definition) is 2. The van der Waals surface area contributed by atoms with E-state index in [9.17, 15) is 4.79 Å². The van der Waals surface area contributed by atoms with Gasteiger partial charge in [0.2, 0.25) is 5.91 Å². The van der Waals surface area contributed by atoms with Crippen LogP contribution in [-0.2, 0) is 4.79 Å². The molecule has 2 N–H and O–H groups in total. The zero-order valence-corrected chi connectivity index (χ0v) is 13.2. The van der Waals surface area contributed by atoms with Gasteiger partial charge in [0.25, 0.3) is 0 Å². The number of halogens is 2. The number of fused-ring (bicyclic) bond motifs is 1. The summed E-state index contributed by atoms with van der Waals surface area (Å²) in [6.45, 7) is 3.14. The van der Waals surface area contributed by atoms with Crippen molar-refractivity contribution in [3.05, 3.63) is 28.8 Å². The van der Waals surface area contributed by atoms with Crippen LogP contribution in [0.1, 0.15) is 24.9 Å². The maximum atomic E-state index is 12.1. The SMILES string of the molecule is CNCC(C)C(=O)NC1CCOc2c(Cl)cccc21.Cl. The highest BCUT2D eigenvalue weighted by Crippen LogP contribution is 2.37. The van der Waals surface area contributed by atoms with Crippen molar-refractivity contribution in [3.63, 3.8) is 0 Å². The summed E-state index contributed by atoms with van der Waals surface area (Å²) in [5.74, 6) is 0.685. The van der Waals surface area contributed by atoms with Crippen LogP contribution in [0.3, 0.4) is 0 Å². The number of carbonyl (C=O) groups excluding carboxylic acids is 1. The maximum Gasteiger partial charge on any atom is 0.224 e. The molecule has 1 aromatic carbocycles. The van der Waals surface area contributed by atoms with Crippen molar-refractivity contribution in [2.45, 2.75) is 19.4 Å². The topological polar surface area (TPSA) is 50.4 Å². The van der Waals surface area contributed by atoms with Crippen LogP contribution in [-0.4, -0.2) is 26.1 Å². The molecule has 112 valence electrons. The molecule has 2 rings (SSSR count). The van der Waals surface area contributed by atoms with Crippen LogP contribution < -0.4 is 15.4 Å². The molecule has 2 unspecified atom stereocenters. The molecule has 0 bridgehead atoms. The number of carbonyl (C=O) groups is 1. The van der Waals surface area contributed by atoms with E-state index in [1.165, 1.54) is 0 Å². The smallest absolute Gasteiger partial charge is 0.224 e. The first-order valence-electron chi connectivity index (χ1n) is 6.49. The molecule has 1 heterocycles. The molecule has 20 heavy (non-hydrogen) atoms. The second-order valence-corrected chi connectivity index (χ2v) is 5.22. The Hall–Kier alpha value is -0.970. The molecule has 1 aromatic rings. The van der Waals surface area contributed by atoms with E-state index >= 15 is 0 Å². The van der Waals surface area contributed by atoms with Crippen LogP contribution in [0.15, 0.2) is 18.2 Å². The number of para-hydroxylation sites is 1. The van der Waals surface area contributed by atoms with Crippen LogP contribution >= 0.6 is 24.0 Å². The summed E-state index contributed by atoms with van der Waals surface area (Å²) < 4.78 is 5.58. The number of rotatable bonds is 4. The third-order valence-corrected chi connectivity index (χ3v) is 3.60. The van der Waals surface area contributed by atoms with Crippen LogP contribution in [0.4, 0.5) is 0 Å². The van der Waals surface area contributed by atoms with Gasteiger partial charge in [0.15, 0.2) is 0 Å². The lowest BCUT2D eigenvalue weighted by molar-refractivity contribution is -0.125. The minimum absolute atomic E-state index is 0. The van der Waals surface area contributed by atoms with E-state index < -0.39 is 0 Å². The van der Waals surface area contributed by atoms with Crippen molar-refractivity contribution in [2.24, 2.45) is 5.92 Å². The number of hydrogen-bond acceptors (Lipinski definition) is 3. The number of benzene rings is 1. The highest BCUT2D eigenvalue weighted by Gasteiger charge is 2.25. The van der Waals surface area contributed by atoms with Crippen LogP contribution in [0.2, 0.25) is 5.02 Å². The van der Waals surface area contributed by atoms with Gasteiger partial charge in [-0.15, -0.1) is 12.4 Å². The van der Waals surface area contributed by atoms with Gasteiger partial charge in [-0.25, -0.2) is 0 Å². The Morgan fingerprint density at radius 2 is 2.30 bits per heavy atom. The van der Waals surface area contributed by atoms with Crippen molar-refractivity contribution >= 4 is 29.9 Å². The Morgan fingerprint density at radius 1 is 1.55 bits per heavy atom. The molecule has 2 atom stereocenters. The lowest BCUT2D eigenvalue weighted by Crippen LogP contribution is -2.38. The van der Waals surface area contributed by atoms with Crippen LogP contribution in [0.5, 0.6) is 5.75 Å². The predicted octanol–water partition coefficient (Wildman–Crippen LogP) is 2.56. The fourth-order valence-corrected chi connectivity index (χ4v) is 2.49. The Balaban J connectivity index is 0.00000200. The average Bonchev–Trinajstić information content (AvgIpc) is 2.40. The first kappa shape index (κ1) is 17.1. The van der Waals surface area contributed by atoms with E-state index in [0.717, 1.165) is 12.0 Å². The Labute approximate surface area is 130 Å². The molecular weight excluding hydrogens is 299 g/mol. The lowest BCUT2D eigenvalue weighted by Gasteiger charge is -2.28. The summed E-state index contributed by atoms with van der Waals surface area (Å²) in [5, 5.41) is 6.67. The molecule has 0 aliphatic carbocycles. The maximum absolute atomic E-state index is 12.1. The standard InChI is InChI=1S/C14H19ClN2O2.ClH/c1-9(8-16-2)14(18)17-12-6-7-19-13-10(12)4-3-5-11(13)15;/h3-5,9,12,16H,6-8H2,1-2H3,(H,17,18);1H. The molecular formula is C14H20Cl2N2O2. The van der Waals surface area contributed by atoms with Crippen LogP contribution in [0.25, 0.3) is 0 Å². The van der Waals surface area contributed by atoms with Gasteiger partial charge in [0, 0.05) is 24.4 Å². The highest BCUT2D eigenvalue weighted by atomic mass is 35.5. The zero-order valence-electron chi connectivity index (χ0n) is 11.6. The third kappa shape index (κ3) is 3.78. The molecule has 0 radical (unpaired) electrons. The summed E-state index contributed by atoms with van der Waals surface area (Å²) in [4.78, 5) is 12.1. The number of nitrogens with one attached hydrogen (secondary N) is 2. The summed E-state index contributed by atoms with van der Waals surface area (Å²) in [6, 6.07) is 5.61. The van der Waals surface area contributed by atoms with Gasteiger partial charge < -0.3 is 15.4 Å². The van der Waals surface area contributed by atoms with Crippen LogP contribution in [0, 0.1) is 5.92 Å². The van der Waals surface area contributed by atoms with E-state index in [1.54, 1.807) is 6.07 Å². The van der Waals surface area contributed by atoms with Gasteiger partial charge in [-0.3, -0.25) is 4.79 Å². The van der Waals surface area contributed by atoms with E-state index in [4.69, 9.17) is 16.3 Å². The van der Waals surface area contributed by atoms with Gasteiger partial charge in [0.05, 0.1) is 17.7 Å². The fourth-order valence-electron chi connectivity index (χ4n) is 2.25. The highest BCUT2D eigenvalue weighted by molar-refractivity contribution is 6.32. The molecule has 0 saturated carbocycles. The third-order valence-electron chi connectivity index (χ3n) is 3.30. The molecule has 1 aliphatic heterocycles. The average molecular weight is 319 g/mol. The van der Waals surface area contributed by atoms with Gasteiger partial charge in [-0.05, 0) is 13.1 Å². The van der Waals surface area contributed by atoms with Crippen molar-refractivity contribution in [2.75, 3.05) is 20.2 Å². The zero-order chi connectivity index (χ0) is 13.8. The fraction of sp³-hybridized carbons (Fsp3) is 0.500. The van der Waals surface area contributed by atoms with Gasteiger partial charge in [0.1, 0.15) is 5.75 Å². The molecule has 1 aliphatic rings. The summed E-state index contributed by atoms with van der Waals surface area (Å²) in [5.41, 5.74) is 0.962. The first-order chi connectivity index (χ1) is 9.13. The predicted molar refractivity (Wildman–Crippen MR) is 82.8 cm³/mol. The van der Waals surface area contributed by atoms with Crippen molar-refractivity contribution < 1.29 is 9.53 Å². The Kier molecular flexibility index (Phi) is 6.59. The molecule has 1 amide bonds. The monoisotopic (exact) mass is 318 g/mol. The summed E-state index contributed by atoms with van der Waals surface area (Å²) in [7, 11) is 1.84. The van der Waals surface area contributed by atoms with E-state index in [1.807, 2.05) is 26.1 Å². The van der Waals surface area contributed by atoms with E-state index in [0.29, 0.717) is 23.9 Å². The minimum atomic E-state index is -0.0597. The summed E-state index contributed by atoms with van der Waals surface area (Å²) in [6.07, 6.45) is 0.769. The second-order valence-electron chi connectivity index (χ2n) is 4.82. The first-order valence-corrected chi connectivity index (χ1v) is 6.87. The van der Waals surface area contributed by atoms with Crippen molar-refractivity contribution in [3.8, 4) is 5.75 Å². The Morgan fingerprint density at radius 3 is 3.00 bits per heavy atom. The molecule has 6 heteroatoms. The van der Waals surface area contributed by atoms with Gasteiger partial charge in [-0.2, -0.15) is 0 Å².